The first-order valence-corrected chi connectivity index (χ1v) is 10.7. The van der Waals surface area contributed by atoms with E-state index in [4.69, 9.17) is 11.6 Å². The van der Waals surface area contributed by atoms with Crippen LogP contribution in [0.1, 0.15) is 30.5 Å². The van der Waals surface area contributed by atoms with Gasteiger partial charge in [0.2, 0.25) is 0 Å². The summed E-state index contributed by atoms with van der Waals surface area (Å²) in [4.78, 5) is 6.85. The van der Waals surface area contributed by atoms with Crippen molar-refractivity contribution in [2.75, 3.05) is 26.2 Å². The zero-order valence-electron chi connectivity index (χ0n) is 15.4. The summed E-state index contributed by atoms with van der Waals surface area (Å²) in [5.41, 5.74) is 2.27. The molecule has 2 atom stereocenters. The number of halogens is 2. The predicted octanol–water partition coefficient (Wildman–Crippen LogP) is 4.57. The quantitative estimate of drug-likeness (QED) is 0.807. The Morgan fingerprint density at radius 2 is 1.89 bits per heavy atom. The van der Waals surface area contributed by atoms with Crippen LogP contribution in [0.5, 0.6) is 0 Å². The fourth-order valence-corrected chi connectivity index (χ4v) is 5.34. The Labute approximate surface area is 169 Å². The second-order valence-electron chi connectivity index (χ2n) is 7.22. The minimum atomic E-state index is -0.374. The fraction of sp³-hybridized carbons (Fsp3) is 0.429. The van der Waals surface area contributed by atoms with Gasteiger partial charge in [0.25, 0.3) is 0 Å². The van der Waals surface area contributed by atoms with Gasteiger partial charge >= 0.3 is 0 Å². The molecule has 0 saturated carbocycles. The normalized spacial score (nSPS) is 22.0. The summed E-state index contributed by atoms with van der Waals surface area (Å²) < 4.78 is 14.1. The number of piperazine rings is 1. The summed E-state index contributed by atoms with van der Waals surface area (Å²) in [5, 5.41) is 10.9. The van der Waals surface area contributed by atoms with E-state index < -0.39 is 0 Å². The molecule has 1 fully saturated rings. The van der Waals surface area contributed by atoms with Gasteiger partial charge in [0.05, 0.1) is 0 Å². The Kier molecular flexibility index (Phi) is 5.76. The maximum absolute atomic E-state index is 14.1. The molecular weight excluding hydrogens is 383 g/mol. The Balaban J connectivity index is 1.66. The van der Waals surface area contributed by atoms with Crippen LogP contribution in [0.3, 0.4) is 0 Å². The van der Waals surface area contributed by atoms with Crippen molar-refractivity contribution < 1.29 is 9.50 Å². The predicted molar refractivity (Wildman–Crippen MR) is 108 cm³/mol. The second kappa shape index (κ2) is 8.10. The van der Waals surface area contributed by atoms with Crippen molar-refractivity contribution in [3.8, 4) is 0 Å². The summed E-state index contributed by atoms with van der Waals surface area (Å²) in [7, 11) is 0. The molecule has 0 aromatic heterocycles. The number of hydrogen-bond acceptors (Lipinski definition) is 4. The number of nitrogens with zero attached hydrogens (tertiary/aromatic N) is 2. The number of rotatable bonds is 3. The van der Waals surface area contributed by atoms with Crippen molar-refractivity contribution in [3.05, 3.63) is 58.4 Å². The molecule has 0 amide bonds. The van der Waals surface area contributed by atoms with Gasteiger partial charge in [0, 0.05) is 47.0 Å². The van der Waals surface area contributed by atoms with Gasteiger partial charge in [0.15, 0.2) is 0 Å². The topological polar surface area (TPSA) is 26.7 Å². The first-order valence-electron chi connectivity index (χ1n) is 9.47. The average Bonchev–Trinajstić information content (AvgIpc) is 2.84. The van der Waals surface area contributed by atoms with Gasteiger partial charge in [-0.2, -0.15) is 0 Å². The lowest BCUT2D eigenvalue weighted by Gasteiger charge is -2.41. The van der Waals surface area contributed by atoms with Crippen LogP contribution in [0, 0.1) is 5.82 Å². The molecule has 1 N–H and O–H groups in total. The average molecular weight is 407 g/mol. The third kappa shape index (κ3) is 4.03. The molecule has 2 aromatic carbocycles. The number of hydrogen-bond donors (Lipinski definition) is 1. The lowest BCUT2D eigenvalue weighted by molar-refractivity contribution is -0.0345. The largest absolute Gasteiger partial charge is 0.378 e. The molecule has 2 unspecified atom stereocenters. The smallest absolute Gasteiger partial charge is 0.123 e. The molecule has 0 radical (unpaired) electrons. The summed E-state index contributed by atoms with van der Waals surface area (Å²) in [5.74, 6) is -0.191. The van der Waals surface area contributed by atoms with Crippen molar-refractivity contribution in [2.24, 2.45) is 0 Å². The van der Waals surface area contributed by atoms with E-state index in [9.17, 15) is 9.50 Å². The maximum atomic E-state index is 14.1. The van der Waals surface area contributed by atoms with Crippen LogP contribution < -0.4 is 0 Å². The van der Waals surface area contributed by atoms with Crippen molar-refractivity contribution in [1.29, 1.82) is 0 Å². The molecule has 6 heteroatoms. The second-order valence-corrected chi connectivity index (χ2v) is 8.74. The van der Waals surface area contributed by atoms with Crippen molar-refractivity contribution in [3.63, 3.8) is 0 Å². The summed E-state index contributed by atoms with van der Waals surface area (Å²) in [6, 6.07) is 11.3. The first-order chi connectivity index (χ1) is 13.0. The van der Waals surface area contributed by atoms with Crippen LogP contribution >= 0.6 is 23.4 Å². The van der Waals surface area contributed by atoms with Crippen molar-refractivity contribution >= 4 is 23.4 Å². The zero-order chi connectivity index (χ0) is 19.0. The van der Waals surface area contributed by atoms with Gasteiger partial charge in [-0.15, -0.1) is 0 Å². The Hall–Kier alpha value is -1.11. The third-order valence-corrected chi connectivity index (χ3v) is 7.01. The van der Waals surface area contributed by atoms with E-state index in [-0.39, 0.29) is 18.1 Å². The van der Waals surface area contributed by atoms with E-state index in [2.05, 4.69) is 15.9 Å². The molecule has 2 aromatic rings. The van der Waals surface area contributed by atoms with Gasteiger partial charge < -0.3 is 5.11 Å². The molecule has 27 heavy (non-hydrogen) atoms. The van der Waals surface area contributed by atoms with Gasteiger partial charge in [-0.3, -0.25) is 9.80 Å². The highest BCUT2D eigenvalue weighted by Gasteiger charge is 2.31. The lowest BCUT2D eigenvalue weighted by Crippen LogP contribution is -2.51. The highest BCUT2D eigenvalue weighted by molar-refractivity contribution is 7.99. The maximum Gasteiger partial charge on any atom is 0.123 e. The highest BCUT2D eigenvalue weighted by atomic mass is 35.5. The van der Waals surface area contributed by atoms with E-state index in [0.29, 0.717) is 0 Å². The van der Waals surface area contributed by atoms with Gasteiger partial charge in [-0.1, -0.05) is 30.3 Å². The first kappa shape index (κ1) is 19.2. The molecule has 2 aliphatic rings. The molecule has 0 bridgehead atoms. The molecule has 2 heterocycles. The van der Waals surface area contributed by atoms with Crippen molar-refractivity contribution in [2.45, 2.75) is 41.8 Å². The molecule has 4 rings (SSSR count). The fourth-order valence-electron chi connectivity index (χ4n) is 4.05. The lowest BCUT2D eigenvalue weighted by atomic mass is 9.96. The number of benzene rings is 2. The minimum Gasteiger partial charge on any atom is -0.378 e. The Morgan fingerprint density at radius 1 is 1.15 bits per heavy atom. The van der Waals surface area contributed by atoms with Gasteiger partial charge in [0.1, 0.15) is 12.0 Å². The van der Waals surface area contributed by atoms with Gasteiger partial charge in [-0.25, -0.2) is 4.39 Å². The number of fused-ring (bicyclic) bond motifs is 2. The number of aliphatic hydroxyl groups excluding tert-OH is 1. The standard InChI is InChI=1S/C21H24ClFN2OS/c1-2-21(26)25-9-7-24(8-10-25)18-12-14-11-15(22)3-5-19(14)27-20-6-4-16(23)13-17(18)20/h3-6,11,13,18,21,26H,2,7-10,12H2,1H3. The Morgan fingerprint density at radius 3 is 2.63 bits per heavy atom. The summed E-state index contributed by atoms with van der Waals surface area (Å²) in [6.07, 6.45) is 1.18. The van der Waals surface area contributed by atoms with Crippen LogP contribution in [0.25, 0.3) is 0 Å². The van der Waals surface area contributed by atoms with Crippen LogP contribution in [0.2, 0.25) is 5.02 Å². The minimum absolute atomic E-state index is 0.115. The van der Waals surface area contributed by atoms with Crippen molar-refractivity contribution in [1.82, 2.24) is 9.80 Å². The molecular formula is C21H24ClFN2OS. The van der Waals surface area contributed by atoms with Crippen LogP contribution in [-0.2, 0) is 6.42 Å². The SMILES string of the molecule is CCC(O)N1CCN(C2Cc3cc(Cl)ccc3Sc3ccc(F)cc32)CC1. The Bertz CT molecular complexity index is 826. The third-order valence-electron chi connectivity index (χ3n) is 5.56. The molecule has 1 saturated heterocycles. The summed E-state index contributed by atoms with van der Waals surface area (Å²) >= 11 is 7.95. The highest BCUT2D eigenvalue weighted by Crippen LogP contribution is 2.43. The summed E-state index contributed by atoms with van der Waals surface area (Å²) in [6.45, 7) is 5.37. The van der Waals surface area contributed by atoms with Crippen LogP contribution in [0.15, 0.2) is 46.2 Å². The van der Waals surface area contributed by atoms with E-state index in [0.717, 1.165) is 54.5 Å². The number of aliphatic hydroxyl groups is 1. The monoisotopic (exact) mass is 406 g/mol. The van der Waals surface area contributed by atoms with Crippen LogP contribution in [-0.4, -0.2) is 47.3 Å². The van der Waals surface area contributed by atoms with E-state index >= 15 is 0 Å². The van der Waals surface area contributed by atoms with Gasteiger partial charge in [-0.05, 0) is 60.4 Å². The molecule has 2 aliphatic heterocycles. The molecule has 144 valence electrons. The molecule has 0 aliphatic carbocycles. The molecule has 3 nitrogen and oxygen atoms in total. The zero-order valence-corrected chi connectivity index (χ0v) is 16.9. The van der Waals surface area contributed by atoms with Crippen LogP contribution in [0.4, 0.5) is 4.39 Å². The van der Waals surface area contributed by atoms with E-state index in [1.807, 2.05) is 25.1 Å². The molecule has 0 spiro atoms. The van der Waals surface area contributed by atoms with E-state index in [1.165, 1.54) is 10.5 Å². The van der Waals surface area contributed by atoms with E-state index in [1.54, 1.807) is 23.9 Å².